The number of anilines is 1. The lowest BCUT2D eigenvalue weighted by molar-refractivity contribution is -0.142. The van der Waals surface area contributed by atoms with Gasteiger partial charge in [-0.25, -0.2) is 0 Å². The fraction of sp³-hybridized carbons (Fsp3) is 0.263. The molecule has 0 bridgehead atoms. The highest BCUT2D eigenvalue weighted by molar-refractivity contribution is 5.98. The van der Waals surface area contributed by atoms with E-state index in [0.717, 1.165) is 11.1 Å². The van der Waals surface area contributed by atoms with Crippen molar-refractivity contribution in [1.82, 2.24) is 0 Å². The van der Waals surface area contributed by atoms with Crippen LogP contribution in [0.15, 0.2) is 54.6 Å². The van der Waals surface area contributed by atoms with Crippen LogP contribution in [0.2, 0.25) is 0 Å². The molecule has 0 aromatic heterocycles. The molecule has 120 valence electrons. The first-order chi connectivity index (χ1) is 11.1. The molecule has 1 amide bonds. The Kier molecular flexibility index (Phi) is 5.92. The zero-order valence-corrected chi connectivity index (χ0v) is 13.5. The van der Waals surface area contributed by atoms with Crippen LogP contribution in [0.5, 0.6) is 0 Å². The summed E-state index contributed by atoms with van der Waals surface area (Å²) in [6, 6.07) is 17.0. The number of para-hydroxylation sites is 1. The summed E-state index contributed by atoms with van der Waals surface area (Å²) in [6.45, 7) is 3.97. The van der Waals surface area contributed by atoms with Gasteiger partial charge >= 0.3 is 5.97 Å². The van der Waals surface area contributed by atoms with Crippen LogP contribution >= 0.6 is 0 Å². The summed E-state index contributed by atoms with van der Waals surface area (Å²) in [7, 11) is 0. The van der Waals surface area contributed by atoms with Crippen LogP contribution in [0.4, 0.5) is 5.69 Å². The number of hydrogen-bond donors (Lipinski definition) is 0. The van der Waals surface area contributed by atoms with E-state index in [-0.39, 0.29) is 18.9 Å². The lowest BCUT2D eigenvalue weighted by atomic mass is 10.1. The van der Waals surface area contributed by atoms with E-state index in [1.54, 1.807) is 6.92 Å². The quantitative estimate of drug-likeness (QED) is 0.770. The predicted molar refractivity (Wildman–Crippen MR) is 90.3 cm³/mol. The summed E-state index contributed by atoms with van der Waals surface area (Å²) in [6.07, 6.45) is 0.245. The van der Waals surface area contributed by atoms with Gasteiger partial charge in [-0.3, -0.25) is 9.59 Å². The van der Waals surface area contributed by atoms with Gasteiger partial charge in [0.15, 0.2) is 0 Å². The Morgan fingerprint density at radius 2 is 1.65 bits per heavy atom. The molecule has 4 nitrogen and oxygen atoms in total. The van der Waals surface area contributed by atoms with Crippen LogP contribution in [0.3, 0.4) is 0 Å². The van der Waals surface area contributed by atoms with Crippen LogP contribution in [0.25, 0.3) is 0 Å². The number of amides is 1. The number of rotatable bonds is 6. The van der Waals surface area contributed by atoms with Gasteiger partial charge in [-0.05, 0) is 31.5 Å². The number of ether oxygens (including phenoxy) is 1. The predicted octanol–water partition coefficient (Wildman–Crippen LogP) is 3.13. The molecule has 0 radical (unpaired) electrons. The number of nitrogens with zero attached hydrogens (tertiary/aromatic N) is 1. The first-order valence-corrected chi connectivity index (χ1v) is 7.66. The molecule has 0 aliphatic rings. The number of esters is 1. The lowest BCUT2D eigenvalue weighted by Crippen LogP contribution is -2.37. The minimum absolute atomic E-state index is 0.0808. The van der Waals surface area contributed by atoms with Gasteiger partial charge in [0.05, 0.1) is 13.0 Å². The molecule has 0 unspecified atom stereocenters. The second kappa shape index (κ2) is 8.13. The van der Waals surface area contributed by atoms with Crippen LogP contribution < -0.4 is 4.90 Å². The summed E-state index contributed by atoms with van der Waals surface area (Å²) in [4.78, 5) is 25.9. The van der Waals surface area contributed by atoms with Crippen molar-refractivity contribution in [3.63, 3.8) is 0 Å². The fourth-order valence-corrected chi connectivity index (χ4v) is 2.24. The minimum atomic E-state index is -0.409. The number of carbonyl (C=O) groups excluding carboxylic acids is 2. The Bertz CT molecular complexity index is 650. The summed E-state index contributed by atoms with van der Waals surface area (Å²) < 4.78 is 4.98. The minimum Gasteiger partial charge on any atom is -0.465 e. The standard InChI is InChI=1S/C19H21NO3/c1-3-23-19(22)14-20(17-7-5-4-6-8-17)18(21)13-16-11-9-15(2)10-12-16/h4-12H,3,13-14H2,1-2H3. The molecule has 0 aliphatic heterocycles. The van der Waals surface area contributed by atoms with Crippen molar-refractivity contribution < 1.29 is 14.3 Å². The summed E-state index contributed by atoms with van der Waals surface area (Å²) in [5.41, 5.74) is 2.76. The molecular weight excluding hydrogens is 290 g/mol. The number of aryl methyl sites for hydroxylation is 1. The van der Waals surface area contributed by atoms with E-state index in [1.165, 1.54) is 4.90 Å². The molecule has 0 saturated carbocycles. The van der Waals surface area contributed by atoms with Gasteiger partial charge < -0.3 is 9.64 Å². The Balaban J connectivity index is 2.16. The molecule has 0 heterocycles. The third-order valence-electron chi connectivity index (χ3n) is 3.44. The third-order valence-corrected chi connectivity index (χ3v) is 3.44. The average Bonchev–Trinajstić information content (AvgIpc) is 2.56. The van der Waals surface area contributed by atoms with Gasteiger partial charge in [-0.15, -0.1) is 0 Å². The third kappa shape index (κ3) is 4.95. The van der Waals surface area contributed by atoms with Crippen LogP contribution in [-0.2, 0) is 20.7 Å². The van der Waals surface area contributed by atoms with Crippen LogP contribution in [-0.4, -0.2) is 25.0 Å². The van der Waals surface area contributed by atoms with Crippen LogP contribution in [0, 0.1) is 6.92 Å². The van der Waals surface area contributed by atoms with E-state index in [2.05, 4.69) is 0 Å². The first kappa shape index (κ1) is 16.7. The largest absolute Gasteiger partial charge is 0.465 e. The highest BCUT2D eigenvalue weighted by Gasteiger charge is 2.19. The second-order valence-electron chi connectivity index (χ2n) is 5.28. The van der Waals surface area contributed by atoms with Crippen molar-refractivity contribution in [3.05, 3.63) is 65.7 Å². The van der Waals surface area contributed by atoms with Crippen molar-refractivity contribution in [2.45, 2.75) is 20.3 Å². The molecule has 0 fully saturated rings. The van der Waals surface area contributed by atoms with E-state index in [1.807, 2.05) is 61.5 Å². The van der Waals surface area contributed by atoms with Gasteiger partial charge in [-0.1, -0.05) is 48.0 Å². The topological polar surface area (TPSA) is 46.6 Å². The summed E-state index contributed by atoms with van der Waals surface area (Å²) >= 11 is 0. The average molecular weight is 311 g/mol. The molecular formula is C19H21NO3. The Hall–Kier alpha value is -2.62. The zero-order valence-electron chi connectivity index (χ0n) is 13.5. The van der Waals surface area contributed by atoms with Crippen molar-refractivity contribution in [2.24, 2.45) is 0 Å². The summed E-state index contributed by atoms with van der Waals surface area (Å²) in [5, 5.41) is 0. The highest BCUT2D eigenvalue weighted by Crippen LogP contribution is 2.15. The van der Waals surface area contributed by atoms with E-state index in [0.29, 0.717) is 12.3 Å². The van der Waals surface area contributed by atoms with Gasteiger partial charge in [-0.2, -0.15) is 0 Å². The Morgan fingerprint density at radius 1 is 1.00 bits per heavy atom. The normalized spacial score (nSPS) is 10.2. The van der Waals surface area contributed by atoms with Gasteiger partial charge in [0, 0.05) is 5.69 Å². The molecule has 2 rings (SSSR count). The molecule has 2 aromatic rings. The molecule has 0 N–H and O–H groups in total. The Morgan fingerprint density at radius 3 is 2.26 bits per heavy atom. The molecule has 0 spiro atoms. The van der Waals surface area contributed by atoms with Gasteiger partial charge in [0.1, 0.15) is 6.54 Å². The van der Waals surface area contributed by atoms with Crippen LogP contribution in [0.1, 0.15) is 18.1 Å². The molecule has 0 atom stereocenters. The fourth-order valence-electron chi connectivity index (χ4n) is 2.24. The molecule has 23 heavy (non-hydrogen) atoms. The van der Waals surface area contributed by atoms with E-state index in [4.69, 9.17) is 4.74 Å². The maximum Gasteiger partial charge on any atom is 0.326 e. The Labute approximate surface area is 136 Å². The molecule has 4 heteroatoms. The number of benzene rings is 2. The number of carbonyl (C=O) groups is 2. The van der Waals surface area contributed by atoms with Gasteiger partial charge in [0.2, 0.25) is 5.91 Å². The zero-order chi connectivity index (χ0) is 16.7. The van der Waals surface area contributed by atoms with Gasteiger partial charge in [0.25, 0.3) is 0 Å². The lowest BCUT2D eigenvalue weighted by Gasteiger charge is -2.22. The maximum absolute atomic E-state index is 12.7. The van der Waals surface area contributed by atoms with E-state index < -0.39 is 5.97 Å². The smallest absolute Gasteiger partial charge is 0.326 e. The summed E-state index contributed by atoms with van der Waals surface area (Å²) in [5.74, 6) is -0.540. The molecule has 0 aliphatic carbocycles. The van der Waals surface area contributed by atoms with Crippen molar-refractivity contribution in [2.75, 3.05) is 18.1 Å². The number of hydrogen-bond acceptors (Lipinski definition) is 3. The van der Waals surface area contributed by atoms with Crippen molar-refractivity contribution in [3.8, 4) is 0 Å². The van der Waals surface area contributed by atoms with Crippen molar-refractivity contribution in [1.29, 1.82) is 0 Å². The monoisotopic (exact) mass is 311 g/mol. The molecule has 2 aromatic carbocycles. The second-order valence-corrected chi connectivity index (χ2v) is 5.28. The van der Waals surface area contributed by atoms with E-state index in [9.17, 15) is 9.59 Å². The SMILES string of the molecule is CCOC(=O)CN(C(=O)Cc1ccc(C)cc1)c1ccccc1. The molecule has 0 saturated heterocycles. The highest BCUT2D eigenvalue weighted by atomic mass is 16.5. The van der Waals surface area contributed by atoms with E-state index >= 15 is 0 Å². The maximum atomic E-state index is 12.7. The first-order valence-electron chi connectivity index (χ1n) is 7.66. The van der Waals surface area contributed by atoms with Crippen molar-refractivity contribution >= 4 is 17.6 Å².